The van der Waals surface area contributed by atoms with Crippen molar-refractivity contribution in [1.82, 2.24) is 25.0 Å². The summed E-state index contributed by atoms with van der Waals surface area (Å²) in [5.74, 6) is 1.37. The van der Waals surface area contributed by atoms with Gasteiger partial charge in [0.25, 0.3) is 6.43 Å². The molecule has 0 unspecified atom stereocenters. The highest BCUT2D eigenvalue weighted by atomic mass is 19.3. The third-order valence-electron chi connectivity index (χ3n) is 8.72. The Morgan fingerprint density at radius 2 is 1.62 bits per heavy atom. The number of anilines is 2. The van der Waals surface area contributed by atoms with E-state index in [0.717, 1.165) is 27.8 Å². The van der Waals surface area contributed by atoms with Gasteiger partial charge in [0.1, 0.15) is 11.4 Å². The Morgan fingerprint density at radius 1 is 0.956 bits per heavy atom. The Kier molecular flexibility index (Phi) is 9.41. The normalized spacial score (nSPS) is 17.1. The average Bonchev–Trinajstić information content (AvgIpc) is 3.01. The first-order valence-corrected chi connectivity index (χ1v) is 15.6. The Morgan fingerprint density at radius 3 is 2.27 bits per heavy atom. The first kappa shape index (κ1) is 32.3. The summed E-state index contributed by atoms with van der Waals surface area (Å²) < 4.78 is 32.5. The molecule has 45 heavy (non-hydrogen) atoms. The number of nitrogens with one attached hydrogen (secondary N) is 1. The second-order valence-corrected chi connectivity index (χ2v) is 13.0. The van der Waals surface area contributed by atoms with E-state index >= 15 is 0 Å². The maximum Gasteiger partial charge on any atom is 0.410 e. The molecule has 2 aliphatic heterocycles. The van der Waals surface area contributed by atoms with Crippen LogP contribution in [-0.2, 0) is 9.53 Å². The number of alkyl halides is 2. The number of rotatable bonds is 6. The quantitative estimate of drug-likeness (QED) is 0.354. The summed E-state index contributed by atoms with van der Waals surface area (Å²) in [6.07, 6.45) is 0.188. The topological polar surface area (TPSA) is 104 Å². The highest BCUT2D eigenvalue weighted by Crippen LogP contribution is 2.32. The predicted molar refractivity (Wildman–Crippen MR) is 170 cm³/mol. The summed E-state index contributed by atoms with van der Waals surface area (Å²) in [4.78, 5) is 36.3. The van der Waals surface area contributed by atoms with E-state index in [4.69, 9.17) is 9.72 Å². The molecule has 0 bridgehead atoms. The Hall–Kier alpha value is -4.09. The van der Waals surface area contributed by atoms with Crippen LogP contribution >= 0.6 is 0 Å². The molecular formula is C33H43F2N7O3. The summed E-state index contributed by atoms with van der Waals surface area (Å²) >= 11 is 0. The molecule has 2 aliphatic rings. The number of carbonyl (C=O) groups excluding carboxylic acids is 2. The van der Waals surface area contributed by atoms with E-state index in [2.05, 4.69) is 20.4 Å². The van der Waals surface area contributed by atoms with Gasteiger partial charge in [0.05, 0.1) is 11.7 Å². The van der Waals surface area contributed by atoms with Crippen molar-refractivity contribution in [3.63, 3.8) is 0 Å². The van der Waals surface area contributed by atoms with Crippen LogP contribution in [0.3, 0.4) is 0 Å². The molecule has 1 aromatic carbocycles. The van der Waals surface area contributed by atoms with Crippen molar-refractivity contribution in [2.75, 3.05) is 49.5 Å². The lowest BCUT2D eigenvalue weighted by Crippen LogP contribution is -2.52. The molecule has 4 heterocycles. The van der Waals surface area contributed by atoms with Gasteiger partial charge in [-0.3, -0.25) is 4.79 Å². The number of piperidine rings is 1. The Balaban J connectivity index is 1.24. The van der Waals surface area contributed by atoms with Crippen molar-refractivity contribution in [2.24, 2.45) is 5.92 Å². The van der Waals surface area contributed by atoms with E-state index in [9.17, 15) is 18.4 Å². The summed E-state index contributed by atoms with van der Waals surface area (Å²) in [6.45, 7) is 14.5. The molecule has 1 N–H and O–H groups in total. The summed E-state index contributed by atoms with van der Waals surface area (Å²) in [5, 5.41) is 13.8. The molecule has 0 radical (unpaired) electrons. The SMILES string of the molecule is Cc1c(C(F)F)cccc1[C@@H](C)Nc1nnc(C)c2cnc(N3CCN(C(=O)C4CCN(C(=O)OC(C)(C)C)CC4)CC3)cc12. The number of amides is 2. The zero-order valence-electron chi connectivity index (χ0n) is 26.9. The lowest BCUT2D eigenvalue weighted by Gasteiger charge is -2.39. The van der Waals surface area contributed by atoms with Gasteiger partial charge in [-0.25, -0.2) is 18.6 Å². The molecule has 3 aromatic rings. The second kappa shape index (κ2) is 13.1. The number of nitrogens with zero attached hydrogens (tertiary/aromatic N) is 6. The van der Waals surface area contributed by atoms with Crippen LogP contribution in [0.25, 0.3) is 10.8 Å². The number of ether oxygens (including phenoxy) is 1. The fourth-order valence-electron chi connectivity index (χ4n) is 6.15. The van der Waals surface area contributed by atoms with E-state index < -0.39 is 12.0 Å². The number of carbonyl (C=O) groups is 2. The van der Waals surface area contributed by atoms with Gasteiger partial charge >= 0.3 is 6.09 Å². The minimum atomic E-state index is -2.54. The van der Waals surface area contributed by atoms with Gasteiger partial charge in [-0.1, -0.05) is 18.2 Å². The van der Waals surface area contributed by atoms with Crippen molar-refractivity contribution in [2.45, 2.75) is 72.5 Å². The maximum absolute atomic E-state index is 13.5. The third kappa shape index (κ3) is 7.26. The predicted octanol–water partition coefficient (Wildman–Crippen LogP) is 6.05. The van der Waals surface area contributed by atoms with Gasteiger partial charge in [0.15, 0.2) is 5.82 Å². The number of likely N-dealkylation sites (tertiary alicyclic amines) is 1. The molecule has 2 fully saturated rings. The fraction of sp³-hybridized carbons (Fsp3) is 0.545. The van der Waals surface area contributed by atoms with Gasteiger partial charge in [0.2, 0.25) is 5.91 Å². The molecular weight excluding hydrogens is 580 g/mol. The van der Waals surface area contributed by atoms with Crippen molar-refractivity contribution >= 4 is 34.4 Å². The average molecular weight is 624 g/mol. The number of aromatic nitrogens is 3. The molecule has 12 heteroatoms. The number of fused-ring (bicyclic) bond motifs is 1. The largest absolute Gasteiger partial charge is 0.444 e. The highest BCUT2D eigenvalue weighted by Gasteiger charge is 2.33. The van der Waals surface area contributed by atoms with Crippen LogP contribution in [0.15, 0.2) is 30.5 Å². The summed E-state index contributed by atoms with van der Waals surface area (Å²) in [5.41, 5.74) is 1.55. The van der Waals surface area contributed by atoms with Gasteiger partial charge < -0.3 is 24.8 Å². The molecule has 242 valence electrons. The molecule has 10 nitrogen and oxygen atoms in total. The van der Waals surface area contributed by atoms with Crippen molar-refractivity contribution in [1.29, 1.82) is 0 Å². The molecule has 2 aromatic heterocycles. The van der Waals surface area contributed by atoms with Crippen molar-refractivity contribution < 1.29 is 23.1 Å². The lowest BCUT2D eigenvalue weighted by molar-refractivity contribution is -0.137. The van der Waals surface area contributed by atoms with Gasteiger partial charge in [-0.05, 0) is 71.6 Å². The Bertz CT molecular complexity index is 1550. The minimum Gasteiger partial charge on any atom is -0.444 e. The van der Waals surface area contributed by atoms with Crippen LogP contribution in [0, 0.1) is 19.8 Å². The molecule has 0 saturated carbocycles. The zero-order chi connectivity index (χ0) is 32.5. The summed E-state index contributed by atoms with van der Waals surface area (Å²) in [7, 11) is 0. The zero-order valence-corrected chi connectivity index (χ0v) is 26.9. The first-order valence-electron chi connectivity index (χ1n) is 15.6. The van der Waals surface area contributed by atoms with Crippen LogP contribution in [0.5, 0.6) is 0 Å². The van der Waals surface area contributed by atoms with Crippen LogP contribution in [0.1, 0.15) is 75.4 Å². The van der Waals surface area contributed by atoms with E-state index in [1.54, 1.807) is 24.1 Å². The van der Waals surface area contributed by atoms with E-state index in [0.29, 0.717) is 63.5 Å². The smallest absolute Gasteiger partial charge is 0.410 e. The van der Waals surface area contributed by atoms with Gasteiger partial charge in [-0.15, -0.1) is 5.10 Å². The maximum atomic E-state index is 13.5. The first-order chi connectivity index (χ1) is 21.3. The number of piperazine rings is 1. The van der Waals surface area contributed by atoms with Crippen LogP contribution in [-0.4, -0.2) is 81.9 Å². The number of hydrogen-bond donors (Lipinski definition) is 1. The molecule has 2 saturated heterocycles. The lowest BCUT2D eigenvalue weighted by atomic mass is 9.95. The monoisotopic (exact) mass is 623 g/mol. The van der Waals surface area contributed by atoms with Crippen molar-refractivity contribution in [3.8, 4) is 0 Å². The number of benzene rings is 1. The molecule has 5 rings (SSSR count). The number of aryl methyl sites for hydroxylation is 1. The van der Waals surface area contributed by atoms with E-state index in [1.165, 1.54) is 6.07 Å². The number of hydrogen-bond acceptors (Lipinski definition) is 8. The minimum absolute atomic E-state index is 0.0244. The molecule has 2 amide bonds. The third-order valence-corrected chi connectivity index (χ3v) is 8.72. The van der Waals surface area contributed by atoms with Gasteiger partial charge in [-0.2, -0.15) is 5.10 Å². The molecule has 1 atom stereocenters. The van der Waals surface area contributed by atoms with E-state index in [-0.39, 0.29) is 29.5 Å². The molecule has 0 spiro atoms. The van der Waals surface area contributed by atoms with Crippen LogP contribution < -0.4 is 10.2 Å². The highest BCUT2D eigenvalue weighted by molar-refractivity contribution is 5.94. The van der Waals surface area contributed by atoms with Gasteiger partial charge in [0, 0.05) is 67.7 Å². The fourth-order valence-corrected chi connectivity index (χ4v) is 6.15. The Labute approximate surface area is 263 Å². The number of halogens is 2. The van der Waals surface area contributed by atoms with Crippen LogP contribution in [0.4, 0.5) is 25.2 Å². The standard InChI is InChI=1S/C33H43F2N7O3/c1-20-24(8-7-9-25(20)29(34)35)21(2)37-30-26-18-28(36-19-27(26)22(3)38-39-30)40-14-16-41(17-15-40)31(43)23-10-12-42(13-11-23)32(44)45-33(4,5)6/h7-9,18-19,21,23,29H,10-17H2,1-6H3,(H,37,39)/t21-/m1/s1. The summed E-state index contributed by atoms with van der Waals surface area (Å²) in [6, 6.07) is 6.66. The van der Waals surface area contributed by atoms with E-state index in [1.807, 2.05) is 51.7 Å². The second-order valence-electron chi connectivity index (χ2n) is 13.0. The molecule has 0 aliphatic carbocycles. The number of pyridine rings is 1. The van der Waals surface area contributed by atoms with Crippen molar-refractivity contribution in [3.05, 3.63) is 52.8 Å². The van der Waals surface area contributed by atoms with Crippen LogP contribution in [0.2, 0.25) is 0 Å².